The number of aromatic nitrogens is 3. The van der Waals surface area contributed by atoms with Crippen LogP contribution in [-0.4, -0.2) is 14.8 Å². The molecule has 1 atom stereocenters. The van der Waals surface area contributed by atoms with Gasteiger partial charge in [-0.2, -0.15) is 0 Å². The van der Waals surface area contributed by atoms with E-state index in [2.05, 4.69) is 29.1 Å². The van der Waals surface area contributed by atoms with E-state index in [4.69, 9.17) is 5.73 Å². The van der Waals surface area contributed by atoms with Crippen LogP contribution in [0.1, 0.15) is 30.2 Å². The van der Waals surface area contributed by atoms with Crippen LogP contribution in [0.3, 0.4) is 0 Å². The molecular weight excluding hydrogens is 200 g/mol. The fourth-order valence-corrected chi connectivity index (χ4v) is 1.53. The summed E-state index contributed by atoms with van der Waals surface area (Å²) in [5.41, 5.74) is 8.01. The predicted octanol–water partition coefficient (Wildman–Crippen LogP) is 1.90. The lowest BCUT2D eigenvalue weighted by Crippen LogP contribution is -2.07. The summed E-state index contributed by atoms with van der Waals surface area (Å²) >= 11 is 0. The Morgan fingerprint density at radius 3 is 2.31 bits per heavy atom. The minimum Gasteiger partial charge on any atom is -0.321 e. The van der Waals surface area contributed by atoms with Gasteiger partial charge in [0.25, 0.3) is 0 Å². The average molecular weight is 216 g/mol. The maximum Gasteiger partial charge on any atom is 0.167 e. The van der Waals surface area contributed by atoms with Crippen LogP contribution in [0.4, 0.5) is 0 Å². The summed E-state index contributed by atoms with van der Waals surface area (Å²) < 4.78 is 1.82. The molecule has 2 rings (SSSR count). The first-order valence-electron chi connectivity index (χ1n) is 5.34. The standard InChI is InChI=1S/C12H16N4/c1-8-4-6-11(7-5-8)16-10(3)14-12(15-16)9(2)13/h4-7,9H,13H2,1-3H3. The fourth-order valence-electron chi connectivity index (χ4n) is 1.53. The largest absolute Gasteiger partial charge is 0.321 e. The van der Waals surface area contributed by atoms with Crippen molar-refractivity contribution in [2.24, 2.45) is 5.73 Å². The van der Waals surface area contributed by atoms with E-state index in [1.807, 2.05) is 30.7 Å². The number of rotatable bonds is 2. The maximum absolute atomic E-state index is 5.76. The third-order valence-corrected chi connectivity index (χ3v) is 2.47. The van der Waals surface area contributed by atoms with E-state index in [0.29, 0.717) is 5.82 Å². The Morgan fingerprint density at radius 2 is 1.81 bits per heavy atom. The van der Waals surface area contributed by atoms with Crippen molar-refractivity contribution < 1.29 is 0 Å². The highest BCUT2D eigenvalue weighted by molar-refractivity contribution is 5.34. The highest BCUT2D eigenvalue weighted by Crippen LogP contribution is 2.12. The third-order valence-electron chi connectivity index (χ3n) is 2.47. The molecule has 1 heterocycles. The number of nitrogens with zero attached hydrogens (tertiary/aromatic N) is 3. The molecule has 0 spiro atoms. The van der Waals surface area contributed by atoms with Gasteiger partial charge in [0.15, 0.2) is 5.82 Å². The normalized spacial score (nSPS) is 12.8. The van der Waals surface area contributed by atoms with Crippen molar-refractivity contribution in [3.63, 3.8) is 0 Å². The second kappa shape index (κ2) is 4.06. The minimum atomic E-state index is -0.134. The third kappa shape index (κ3) is 1.97. The molecule has 0 radical (unpaired) electrons. The zero-order valence-electron chi connectivity index (χ0n) is 9.81. The van der Waals surface area contributed by atoms with Crippen LogP contribution in [0.15, 0.2) is 24.3 Å². The zero-order valence-corrected chi connectivity index (χ0v) is 9.81. The molecule has 84 valence electrons. The van der Waals surface area contributed by atoms with Crippen LogP contribution in [-0.2, 0) is 0 Å². The van der Waals surface area contributed by atoms with Crippen molar-refractivity contribution in [3.05, 3.63) is 41.5 Å². The van der Waals surface area contributed by atoms with E-state index in [-0.39, 0.29) is 6.04 Å². The number of benzene rings is 1. The van der Waals surface area contributed by atoms with Crippen LogP contribution in [0.5, 0.6) is 0 Å². The smallest absolute Gasteiger partial charge is 0.167 e. The SMILES string of the molecule is Cc1ccc(-n2nc(C(C)N)nc2C)cc1. The lowest BCUT2D eigenvalue weighted by molar-refractivity contribution is 0.725. The van der Waals surface area contributed by atoms with Crippen LogP contribution >= 0.6 is 0 Å². The van der Waals surface area contributed by atoms with E-state index in [1.165, 1.54) is 5.56 Å². The molecule has 0 saturated heterocycles. The van der Waals surface area contributed by atoms with Crippen LogP contribution in [0, 0.1) is 13.8 Å². The van der Waals surface area contributed by atoms with Crippen LogP contribution < -0.4 is 5.73 Å². The first-order valence-corrected chi connectivity index (χ1v) is 5.34. The molecular formula is C12H16N4. The van der Waals surface area contributed by atoms with Gasteiger partial charge in [-0.25, -0.2) is 9.67 Å². The Morgan fingerprint density at radius 1 is 1.19 bits per heavy atom. The van der Waals surface area contributed by atoms with Gasteiger partial charge in [0.2, 0.25) is 0 Å². The summed E-state index contributed by atoms with van der Waals surface area (Å²) in [5, 5.41) is 4.39. The molecule has 2 N–H and O–H groups in total. The Hall–Kier alpha value is -1.68. The van der Waals surface area contributed by atoms with Crippen molar-refractivity contribution in [2.45, 2.75) is 26.8 Å². The molecule has 2 aromatic rings. The highest BCUT2D eigenvalue weighted by atomic mass is 15.4. The number of nitrogens with two attached hydrogens (primary N) is 1. The average Bonchev–Trinajstić information content (AvgIpc) is 2.62. The first kappa shape index (κ1) is 10.8. The molecule has 0 fully saturated rings. The topological polar surface area (TPSA) is 56.7 Å². The molecule has 0 aliphatic rings. The molecule has 0 aliphatic carbocycles. The van der Waals surface area contributed by atoms with Crippen LogP contribution in [0.2, 0.25) is 0 Å². The molecule has 0 amide bonds. The second-order valence-corrected chi connectivity index (χ2v) is 4.05. The van der Waals surface area contributed by atoms with Crippen LogP contribution in [0.25, 0.3) is 5.69 Å². The Balaban J connectivity index is 2.44. The summed E-state index contributed by atoms with van der Waals surface area (Å²) in [7, 11) is 0. The Bertz CT molecular complexity index is 482. The minimum absolute atomic E-state index is 0.134. The van der Waals surface area contributed by atoms with Gasteiger partial charge in [0, 0.05) is 0 Å². The lowest BCUT2D eigenvalue weighted by Gasteiger charge is -2.03. The molecule has 4 heteroatoms. The summed E-state index contributed by atoms with van der Waals surface area (Å²) in [4.78, 5) is 4.34. The zero-order chi connectivity index (χ0) is 11.7. The molecule has 1 aromatic heterocycles. The van der Waals surface area contributed by atoms with Gasteiger partial charge >= 0.3 is 0 Å². The van der Waals surface area contributed by atoms with Crippen molar-refractivity contribution in [2.75, 3.05) is 0 Å². The van der Waals surface area contributed by atoms with Gasteiger partial charge in [0.05, 0.1) is 11.7 Å². The maximum atomic E-state index is 5.76. The predicted molar refractivity (Wildman–Crippen MR) is 63.4 cm³/mol. The molecule has 0 bridgehead atoms. The van der Waals surface area contributed by atoms with Crippen molar-refractivity contribution in [1.82, 2.24) is 14.8 Å². The molecule has 0 aliphatic heterocycles. The van der Waals surface area contributed by atoms with Gasteiger partial charge in [-0.1, -0.05) is 17.7 Å². The summed E-state index contributed by atoms with van der Waals surface area (Å²) in [5.74, 6) is 1.54. The quantitative estimate of drug-likeness (QED) is 0.834. The van der Waals surface area contributed by atoms with Gasteiger partial charge in [-0.05, 0) is 32.9 Å². The molecule has 1 unspecified atom stereocenters. The summed E-state index contributed by atoms with van der Waals surface area (Å²) in [6.45, 7) is 5.87. The Kier molecular flexibility index (Phi) is 2.75. The van der Waals surface area contributed by atoms with Gasteiger partial charge < -0.3 is 5.73 Å². The van der Waals surface area contributed by atoms with E-state index in [0.717, 1.165) is 11.5 Å². The highest BCUT2D eigenvalue weighted by Gasteiger charge is 2.10. The number of hydrogen-bond acceptors (Lipinski definition) is 3. The van der Waals surface area contributed by atoms with E-state index in [9.17, 15) is 0 Å². The number of hydrogen-bond donors (Lipinski definition) is 1. The first-order chi connectivity index (χ1) is 7.58. The van der Waals surface area contributed by atoms with E-state index in [1.54, 1.807) is 0 Å². The lowest BCUT2D eigenvalue weighted by atomic mass is 10.2. The Labute approximate surface area is 95.1 Å². The second-order valence-electron chi connectivity index (χ2n) is 4.05. The molecule has 1 aromatic carbocycles. The monoisotopic (exact) mass is 216 g/mol. The van der Waals surface area contributed by atoms with Crippen molar-refractivity contribution >= 4 is 0 Å². The summed E-state index contributed by atoms with van der Waals surface area (Å²) in [6, 6.07) is 8.04. The number of aryl methyl sites for hydroxylation is 2. The van der Waals surface area contributed by atoms with Gasteiger partial charge in [0.1, 0.15) is 5.82 Å². The van der Waals surface area contributed by atoms with Gasteiger partial charge in [-0.15, -0.1) is 5.10 Å². The van der Waals surface area contributed by atoms with E-state index < -0.39 is 0 Å². The van der Waals surface area contributed by atoms with Crippen molar-refractivity contribution in [3.8, 4) is 5.69 Å². The van der Waals surface area contributed by atoms with E-state index >= 15 is 0 Å². The van der Waals surface area contributed by atoms with Gasteiger partial charge in [-0.3, -0.25) is 0 Å². The molecule has 0 saturated carbocycles. The fraction of sp³-hybridized carbons (Fsp3) is 0.333. The molecule has 16 heavy (non-hydrogen) atoms. The summed E-state index contributed by atoms with van der Waals surface area (Å²) in [6.07, 6.45) is 0. The molecule has 4 nitrogen and oxygen atoms in total. The van der Waals surface area contributed by atoms with Crippen molar-refractivity contribution in [1.29, 1.82) is 0 Å².